The molecule has 9 heteroatoms. The van der Waals surface area contributed by atoms with Crippen LogP contribution >= 0.6 is 0 Å². The summed E-state index contributed by atoms with van der Waals surface area (Å²) in [6, 6.07) is 11.6. The predicted molar refractivity (Wildman–Crippen MR) is 115 cm³/mol. The summed E-state index contributed by atoms with van der Waals surface area (Å²) in [5.74, 6) is 5.47. The standard InChI is InChI=1S/C23H20N4O5/c1-32-18-7-6-17-12-27(20(29)19(17)10-18)13-23(21(30)25-22(31)26-23)9-8-15-2-4-16(5-3-15)11-24-14-28/h2-7,10-11,28H,12-14H2,1H3,(H2,25,26,30,31)/b24-11+/t23-/m1/s1. The van der Waals surface area contributed by atoms with Gasteiger partial charge in [0.15, 0.2) is 0 Å². The van der Waals surface area contributed by atoms with Crippen LogP contribution in [0.4, 0.5) is 4.79 Å². The van der Waals surface area contributed by atoms with E-state index in [1.165, 1.54) is 18.2 Å². The molecular weight excluding hydrogens is 412 g/mol. The van der Waals surface area contributed by atoms with E-state index in [0.717, 1.165) is 11.1 Å². The highest BCUT2D eigenvalue weighted by atomic mass is 16.5. The fourth-order valence-electron chi connectivity index (χ4n) is 3.59. The van der Waals surface area contributed by atoms with Gasteiger partial charge in [0.1, 0.15) is 12.5 Å². The molecule has 2 heterocycles. The summed E-state index contributed by atoms with van der Waals surface area (Å²) in [5.41, 5.74) is 1.12. The van der Waals surface area contributed by atoms with Crippen LogP contribution in [0.5, 0.6) is 5.75 Å². The minimum Gasteiger partial charge on any atom is -0.497 e. The van der Waals surface area contributed by atoms with Crippen molar-refractivity contribution >= 4 is 24.1 Å². The molecule has 0 bridgehead atoms. The van der Waals surface area contributed by atoms with E-state index in [9.17, 15) is 14.4 Å². The molecule has 2 aliphatic rings. The molecule has 2 aromatic rings. The zero-order valence-corrected chi connectivity index (χ0v) is 17.2. The maximum atomic E-state index is 12.9. The van der Waals surface area contributed by atoms with Crippen molar-refractivity contribution in [2.45, 2.75) is 12.1 Å². The Morgan fingerprint density at radius 2 is 2.00 bits per heavy atom. The summed E-state index contributed by atoms with van der Waals surface area (Å²) in [5, 5.41) is 13.6. The third-order valence-corrected chi connectivity index (χ3v) is 5.22. The monoisotopic (exact) mass is 432 g/mol. The molecular formula is C23H20N4O5. The van der Waals surface area contributed by atoms with Gasteiger partial charge in [-0.15, -0.1) is 0 Å². The van der Waals surface area contributed by atoms with Crippen LogP contribution in [0.1, 0.15) is 27.0 Å². The first-order valence-electron chi connectivity index (χ1n) is 9.78. The lowest BCUT2D eigenvalue weighted by Gasteiger charge is -2.26. The second-order valence-corrected chi connectivity index (χ2v) is 7.32. The van der Waals surface area contributed by atoms with Crippen LogP contribution in [-0.4, -0.2) is 60.0 Å². The highest BCUT2D eigenvalue weighted by Crippen LogP contribution is 2.28. The Morgan fingerprint density at radius 3 is 2.66 bits per heavy atom. The average molecular weight is 432 g/mol. The molecule has 0 aliphatic carbocycles. The van der Waals surface area contributed by atoms with E-state index in [4.69, 9.17) is 9.84 Å². The number of hydrogen-bond acceptors (Lipinski definition) is 6. The first-order chi connectivity index (χ1) is 15.4. The molecule has 1 saturated heterocycles. The first kappa shape index (κ1) is 21.1. The summed E-state index contributed by atoms with van der Waals surface area (Å²) < 4.78 is 5.19. The highest BCUT2D eigenvalue weighted by molar-refractivity contribution is 6.10. The lowest BCUT2D eigenvalue weighted by molar-refractivity contribution is -0.122. The number of aliphatic hydroxyl groups excluding tert-OH is 1. The number of aliphatic imine (C=N–C) groups is 1. The van der Waals surface area contributed by atoms with Gasteiger partial charge in [0, 0.05) is 23.9 Å². The van der Waals surface area contributed by atoms with Crippen molar-refractivity contribution in [2.24, 2.45) is 4.99 Å². The third-order valence-electron chi connectivity index (χ3n) is 5.22. The molecule has 4 rings (SSSR count). The lowest BCUT2D eigenvalue weighted by atomic mass is 9.99. The molecule has 4 amide bonds. The number of imide groups is 1. The number of nitrogens with one attached hydrogen (secondary N) is 2. The molecule has 32 heavy (non-hydrogen) atoms. The highest BCUT2D eigenvalue weighted by Gasteiger charge is 2.48. The van der Waals surface area contributed by atoms with Crippen LogP contribution in [0.3, 0.4) is 0 Å². The topological polar surface area (TPSA) is 120 Å². The molecule has 0 saturated carbocycles. The average Bonchev–Trinajstić information content (AvgIpc) is 3.26. The molecule has 1 fully saturated rings. The normalized spacial score (nSPS) is 19.4. The van der Waals surface area contributed by atoms with Crippen molar-refractivity contribution in [2.75, 3.05) is 20.4 Å². The van der Waals surface area contributed by atoms with E-state index in [-0.39, 0.29) is 19.2 Å². The van der Waals surface area contributed by atoms with Crippen molar-refractivity contribution in [3.05, 3.63) is 64.7 Å². The molecule has 2 aromatic carbocycles. The van der Waals surface area contributed by atoms with Gasteiger partial charge in [-0.2, -0.15) is 0 Å². The maximum absolute atomic E-state index is 12.9. The van der Waals surface area contributed by atoms with Crippen molar-refractivity contribution in [1.29, 1.82) is 0 Å². The number of benzene rings is 2. The molecule has 0 unspecified atom stereocenters. The zero-order chi connectivity index (χ0) is 22.7. The smallest absolute Gasteiger partial charge is 0.323 e. The van der Waals surface area contributed by atoms with Gasteiger partial charge in [0.05, 0.1) is 13.7 Å². The van der Waals surface area contributed by atoms with E-state index in [2.05, 4.69) is 27.5 Å². The van der Waals surface area contributed by atoms with E-state index in [0.29, 0.717) is 23.4 Å². The largest absolute Gasteiger partial charge is 0.497 e. The van der Waals surface area contributed by atoms with E-state index < -0.39 is 17.5 Å². The van der Waals surface area contributed by atoms with E-state index >= 15 is 0 Å². The van der Waals surface area contributed by atoms with Gasteiger partial charge in [0.25, 0.3) is 11.8 Å². The van der Waals surface area contributed by atoms with Crippen LogP contribution in [-0.2, 0) is 11.3 Å². The van der Waals surface area contributed by atoms with Gasteiger partial charge in [-0.3, -0.25) is 19.9 Å². The van der Waals surface area contributed by atoms with Crippen LogP contribution in [0.25, 0.3) is 0 Å². The number of carbonyl (C=O) groups is 3. The summed E-state index contributed by atoms with van der Waals surface area (Å²) >= 11 is 0. The number of nitrogens with zero attached hydrogens (tertiary/aromatic N) is 2. The van der Waals surface area contributed by atoms with Crippen molar-refractivity contribution in [1.82, 2.24) is 15.5 Å². The Hall–Kier alpha value is -4.16. The second-order valence-electron chi connectivity index (χ2n) is 7.32. The molecule has 1 atom stereocenters. The Labute approximate surface area is 184 Å². The van der Waals surface area contributed by atoms with Crippen molar-refractivity contribution in [3.63, 3.8) is 0 Å². The van der Waals surface area contributed by atoms with Crippen LogP contribution in [0, 0.1) is 11.8 Å². The summed E-state index contributed by atoms with van der Waals surface area (Å²) in [7, 11) is 1.52. The number of rotatable bonds is 5. The van der Waals surface area contributed by atoms with Gasteiger partial charge in [-0.25, -0.2) is 4.79 Å². The summed E-state index contributed by atoms with van der Waals surface area (Å²) in [6.45, 7) is -0.108. The van der Waals surface area contributed by atoms with Gasteiger partial charge in [0.2, 0.25) is 5.54 Å². The van der Waals surface area contributed by atoms with Crippen molar-refractivity contribution < 1.29 is 24.2 Å². The van der Waals surface area contributed by atoms with Crippen LogP contribution < -0.4 is 15.4 Å². The summed E-state index contributed by atoms with van der Waals surface area (Å²) in [6.07, 6.45) is 1.52. The molecule has 0 radical (unpaired) electrons. The first-order valence-corrected chi connectivity index (χ1v) is 9.78. The number of amides is 4. The molecule has 3 N–H and O–H groups in total. The number of ether oxygens (including phenoxy) is 1. The fourth-order valence-corrected chi connectivity index (χ4v) is 3.59. The number of hydrogen-bond donors (Lipinski definition) is 3. The Morgan fingerprint density at radius 1 is 1.22 bits per heavy atom. The van der Waals surface area contributed by atoms with Gasteiger partial charge >= 0.3 is 6.03 Å². The van der Waals surface area contributed by atoms with Crippen LogP contribution in [0.2, 0.25) is 0 Å². The number of carbonyl (C=O) groups excluding carboxylic acids is 3. The van der Waals surface area contributed by atoms with E-state index in [1.54, 1.807) is 42.5 Å². The molecule has 162 valence electrons. The maximum Gasteiger partial charge on any atom is 0.323 e. The number of aliphatic hydroxyl groups is 1. The third kappa shape index (κ3) is 4.04. The Bertz CT molecular complexity index is 1180. The Kier molecular flexibility index (Phi) is 5.62. The molecule has 0 spiro atoms. The molecule has 0 aromatic heterocycles. The number of urea groups is 1. The van der Waals surface area contributed by atoms with Gasteiger partial charge in [-0.05, 0) is 35.4 Å². The fraction of sp³-hybridized carbons (Fsp3) is 0.217. The Balaban J connectivity index is 1.60. The van der Waals surface area contributed by atoms with E-state index in [1.807, 2.05) is 0 Å². The quantitative estimate of drug-likeness (QED) is 0.364. The zero-order valence-electron chi connectivity index (χ0n) is 17.2. The lowest BCUT2D eigenvalue weighted by Crippen LogP contribution is -2.54. The molecule has 2 aliphatic heterocycles. The van der Waals surface area contributed by atoms with Gasteiger partial charge < -0.3 is 20.1 Å². The van der Waals surface area contributed by atoms with Gasteiger partial charge in [-0.1, -0.05) is 30.0 Å². The minimum absolute atomic E-state index is 0.103. The van der Waals surface area contributed by atoms with Crippen molar-refractivity contribution in [3.8, 4) is 17.6 Å². The SMILES string of the molecule is COc1ccc2c(c1)C(=O)N(C[C@@]1(C#Cc3ccc(/C=N/CO)cc3)NC(=O)NC1=O)C2. The van der Waals surface area contributed by atoms with Crippen LogP contribution in [0.15, 0.2) is 47.5 Å². The number of methoxy groups -OCH3 is 1. The predicted octanol–water partition coefficient (Wildman–Crippen LogP) is 0.650. The number of fused-ring (bicyclic) bond motifs is 1. The second kappa shape index (κ2) is 8.53. The molecule has 9 nitrogen and oxygen atoms in total. The summed E-state index contributed by atoms with van der Waals surface area (Å²) in [4.78, 5) is 42.8. The minimum atomic E-state index is -1.57.